The van der Waals surface area contributed by atoms with Crippen LogP contribution in [-0.2, 0) is 11.2 Å². The number of ether oxygens (including phenoxy) is 1. The molecule has 0 spiro atoms. The largest absolute Gasteiger partial charge is 0.496 e. The molecule has 140 valence electrons. The summed E-state index contributed by atoms with van der Waals surface area (Å²) in [4.78, 5) is 29.3. The molecule has 0 fully saturated rings. The second kappa shape index (κ2) is 8.79. The second-order valence-corrected chi connectivity index (χ2v) is 7.59. The minimum atomic E-state index is -0.194. The first-order valence-corrected chi connectivity index (χ1v) is 10.0. The third-order valence-electron chi connectivity index (χ3n) is 3.84. The molecule has 6 nitrogen and oxygen atoms in total. The maximum atomic E-state index is 12.3. The minimum Gasteiger partial charge on any atom is -0.496 e. The van der Waals surface area contributed by atoms with Crippen molar-refractivity contribution in [2.45, 2.75) is 19.4 Å². The summed E-state index contributed by atoms with van der Waals surface area (Å²) in [5.74, 6) is 0.396. The van der Waals surface area contributed by atoms with Gasteiger partial charge in [-0.25, -0.2) is 4.98 Å². The molecule has 2 heterocycles. The summed E-state index contributed by atoms with van der Waals surface area (Å²) in [5.41, 5.74) is 1.53. The number of carbonyl (C=O) groups is 2. The Balaban J connectivity index is 1.57. The van der Waals surface area contributed by atoms with E-state index in [2.05, 4.69) is 15.6 Å². The smallest absolute Gasteiger partial charge is 0.267 e. The van der Waals surface area contributed by atoms with E-state index in [0.717, 1.165) is 11.3 Å². The van der Waals surface area contributed by atoms with E-state index in [1.165, 1.54) is 22.7 Å². The fourth-order valence-electron chi connectivity index (χ4n) is 2.57. The molecule has 2 aromatic heterocycles. The summed E-state index contributed by atoms with van der Waals surface area (Å²) in [7, 11) is 1.61. The predicted molar refractivity (Wildman–Crippen MR) is 108 cm³/mol. The molecule has 0 saturated carbocycles. The summed E-state index contributed by atoms with van der Waals surface area (Å²) < 4.78 is 5.34. The number of hydrogen-bond acceptors (Lipinski definition) is 6. The van der Waals surface area contributed by atoms with Crippen molar-refractivity contribution in [2.24, 2.45) is 0 Å². The van der Waals surface area contributed by atoms with Gasteiger partial charge < -0.3 is 10.1 Å². The van der Waals surface area contributed by atoms with E-state index in [1.807, 2.05) is 42.6 Å². The van der Waals surface area contributed by atoms with E-state index in [9.17, 15) is 9.59 Å². The summed E-state index contributed by atoms with van der Waals surface area (Å²) in [6, 6.07) is 11.0. The third-order valence-corrected chi connectivity index (χ3v) is 5.52. The van der Waals surface area contributed by atoms with Gasteiger partial charge in [-0.3, -0.25) is 14.9 Å². The summed E-state index contributed by atoms with van der Waals surface area (Å²) in [6.45, 7) is 1.91. The van der Waals surface area contributed by atoms with Crippen LogP contribution >= 0.6 is 22.7 Å². The molecule has 3 aromatic rings. The highest BCUT2D eigenvalue weighted by molar-refractivity contribution is 7.14. The van der Waals surface area contributed by atoms with Gasteiger partial charge in [0.15, 0.2) is 5.13 Å². The van der Waals surface area contributed by atoms with Crippen LogP contribution in [0.3, 0.4) is 0 Å². The van der Waals surface area contributed by atoms with Crippen molar-refractivity contribution in [2.75, 3.05) is 12.4 Å². The zero-order valence-corrected chi connectivity index (χ0v) is 16.5. The van der Waals surface area contributed by atoms with Gasteiger partial charge in [0.1, 0.15) is 5.75 Å². The van der Waals surface area contributed by atoms with E-state index in [-0.39, 0.29) is 24.3 Å². The molecular weight excluding hydrogens is 382 g/mol. The van der Waals surface area contributed by atoms with Crippen LogP contribution in [0.25, 0.3) is 0 Å². The van der Waals surface area contributed by atoms with Crippen LogP contribution in [-0.4, -0.2) is 23.9 Å². The number of thiazole rings is 1. The fourth-order valence-corrected chi connectivity index (χ4v) is 3.90. The number of amides is 2. The van der Waals surface area contributed by atoms with Gasteiger partial charge in [0.25, 0.3) is 5.91 Å². The molecule has 8 heteroatoms. The standard InChI is InChI=1S/C19H19N3O3S2/c1-12(14-6-3-4-7-15(14)25-2)20-17(23)10-13-11-27-19(21-13)22-18(24)16-8-5-9-26-16/h3-9,11-12H,10H2,1-2H3,(H,20,23)(H,21,22,24)/t12-/m1/s1. The number of benzene rings is 1. The summed E-state index contributed by atoms with van der Waals surface area (Å²) in [6.07, 6.45) is 0.144. The third kappa shape index (κ3) is 4.93. The Morgan fingerprint density at radius 2 is 2.00 bits per heavy atom. The van der Waals surface area contributed by atoms with Gasteiger partial charge in [0.2, 0.25) is 5.91 Å². The minimum absolute atomic E-state index is 0.144. The molecule has 2 amide bonds. The van der Waals surface area contributed by atoms with E-state index >= 15 is 0 Å². The maximum absolute atomic E-state index is 12.3. The number of para-hydroxylation sites is 1. The van der Waals surface area contributed by atoms with Gasteiger partial charge in [-0.2, -0.15) is 0 Å². The quantitative estimate of drug-likeness (QED) is 0.629. The van der Waals surface area contributed by atoms with Gasteiger partial charge in [-0.1, -0.05) is 24.3 Å². The van der Waals surface area contributed by atoms with Gasteiger partial charge in [0, 0.05) is 10.9 Å². The van der Waals surface area contributed by atoms with Crippen LogP contribution < -0.4 is 15.4 Å². The number of hydrogen-bond donors (Lipinski definition) is 2. The molecule has 0 aliphatic heterocycles. The molecule has 0 bridgehead atoms. The SMILES string of the molecule is COc1ccccc1[C@@H](C)NC(=O)Cc1csc(NC(=O)c2cccs2)n1. The Morgan fingerprint density at radius 1 is 1.19 bits per heavy atom. The molecule has 0 saturated heterocycles. The second-order valence-electron chi connectivity index (χ2n) is 5.78. The molecule has 0 aliphatic carbocycles. The molecule has 0 unspecified atom stereocenters. The number of nitrogens with zero attached hydrogens (tertiary/aromatic N) is 1. The van der Waals surface area contributed by atoms with Crippen LogP contribution in [0.15, 0.2) is 47.2 Å². The molecule has 27 heavy (non-hydrogen) atoms. The van der Waals surface area contributed by atoms with Crippen LogP contribution in [0.5, 0.6) is 5.75 Å². The van der Waals surface area contributed by atoms with Gasteiger partial charge in [-0.15, -0.1) is 22.7 Å². The average Bonchev–Trinajstić information content (AvgIpc) is 3.33. The molecule has 0 aliphatic rings. The van der Waals surface area contributed by atoms with Gasteiger partial charge >= 0.3 is 0 Å². The monoisotopic (exact) mass is 401 g/mol. The van der Waals surface area contributed by atoms with Crippen molar-refractivity contribution in [3.8, 4) is 5.75 Å². The Bertz CT molecular complexity index is 922. The number of anilines is 1. The number of carbonyl (C=O) groups excluding carboxylic acids is 2. The van der Waals surface area contributed by atoms with Crippen molar-refractivity contribution in [3.63, 3.8) is 0 Å². The first kappa shape index (κ1) is 19.1. The van der Waals surface area contributed by atoms with Crippen molar-refractivity contribution >= 4 is 39.6 Å². The highest BCUT2D eigenvalue weighted by atomic mass is 32.1. The molecule has 3 rings (SSSR count). The highest BCUT2D eigenvalue weighted by Crippen LogP contribution is 2.24. The Morgan fingerprint density at radius 3 is 2.74 bits per heavy atom. The number of rotatable bonds is 7. The zero-order valence-electron chi connectivity index (χ0n) is 14.9. The topological polar surface area (TPSA) is 80.3 Å². The van der Waals surface area contributed by atoms with E-state index in [1.54, 1.807) is 18.6 Å². The van der Waals surface area contributed by atoms with Gasteiger partial charge in [-0.05, 0) is 24.4 Å². The Labute approximate surface area is 165 Å². The maximum Gasteiger partial charge on any atom is 0.267 e. The molecule has 0 radical (unpaired) electrons. The van der Waals surface area contributed by atoms with Crippen molar-refractivity contribution < 1.29 is 14.3 Å². The number of aromatic nitrogens is 1. The first-order valence-electron chi connectivity index (χ1n) is 8.28. The van der Waals surface area contributed by atoms with Crippen LogP contribution in [0.2, 0.25) is 0 Å². The Kier molecular flexibility index (Phi) is 6.20. The lowest BCUT2D eigenvalue weighted by atomic mass is 10.1. The van der Waals surface area contributed by atoms with E-state index < -0.39 is 0 Å². The van der Waals surface area contributed by atoms with E-state index in [4.69, 9.17) is 4.74 Å². The number of methoxy groups -OCH3 is 1. The molecule has 2 N–H and O–H groups in total. The molecule has 1 atom stereocenters. The number of nitrogens with one attached hydrogen (secondary N) is 2. The lowest BCUT2D eigenvalue weighted by molar-refractivity contribution is -0.121. The van der Waals surface area contributed by atoms with E-state index in [0.29, 0.717) is 15.7 Å². The van der Waals surface area contributed by atoms with Crippen molar-refractivity contribution in [1.82, 2.24) is 10.3 Å². The molecule has 1 aromatic carbocycles. The van der Waals surface area contributed by atoms with Crippen LogP contribution in [0.1, 0.15) is 33.9 Å². The fraction of sp³-hybridized carbons (Fsp3) is 0.211. The molecular formula is C19H19N3O3S2. The average molecular weight is 402 g/mol. The predicted octanol–water partition coefficient (Wildman–Crippen LogP) is 3.89. The highest BCUT2D eigenvalue weighted by Gasteiger charge is 2.16. The van der Waals surface area contributed by atoms with Crippen molar-refractivity contribution in [3.05, 3.63) is 63.3 Å². The van der Waals surface area contributed by atoms with Gasteiger partial charge in [0.05, 0.1) is 30.1 Å². The summed E-state index contributed by atoms with van der Waals surface area (Å²) in [5, 5.41) is 9.80. The first-order chi connectivity index (χ1) is 13.1. The van der Waals surface area contributed by atoms with Crippen molar-refractivity contribution in [1.29, 1.82) is 0 Å². The summed E-state index contributed by atoms with van der Waals surface area (Å²) >= 11 is 2.67. The lowest BCUT2D eigenvalue weighted by Gasteiger charge is -2.16. The normalized spacial score (nSPS) is 11.6. The Hall–Kier alpha value is -2.71. The van der Waals surface area contributed by atoms with Crippen LogP contribution in [0.4, 0.5) is 5.13 Å². The zero-order chi connectivity index (χ0) is 19.2. The number of thiophene rings is 1. The van der Waals surface area contributed by atoms with Crippen LogP contribution in [0, 0.1) is 0 Å². The lowest BCUT2D eigenvalue weighted by Crippen LogP contribution is -2.28.